The maximum Gasteiger partial charge on any atom is 0.274 e. The molecule has 2 aliphatic rings. The minimum Gasteiger partial charge on any atom is -0.376 e. The Bertz CT molecular complexity index is 866. The van der Waals surface area contributed by atoms with Crippen molar-refractivity contribution in [1.82, 2.24) is 0 Å². The standard InChI is InChI=1S/C18H14Cl2N2O2/c19-14-9-8-12-10-5-3-6-11(10)17(21-18(12)16(14)20)13-4-1-2-7-15(13)22(23)24/h1-5,7-11,17,21H,6H2/t10-,11-,17+/m0/s1. The van der Waals surface area contributed by atoms with Gasteiger partial charge in [-0.1, -0.05) is 59.6 Å². The van der Waals surface area contributed by atoms with Gasteiger partial charge in [-0.3, -0.25) is 10.1 Å². The SMILES string of the molecule is O=[N+]([O-])c1ccccc1[C@@H]1Nc2c(ccc(Cl)c2Cl)[C@H]2C=CC[C@@H]21. The average Bonchev–Trinajstić information content (AvgIpc) is 3.07. The summed E-state index contributed by atoms with van der Waals surface area (Å²) in [5.41, 5.74) is 2.68. The fourth-order valence-electron chi connectivity index (χ4n) is 3.83. The molecule has 122 valence electrons. The van der Waals surface area contributed by atoms with E-state index in [2.05, 4.69) is 17.5 Å². The molecule has 0 amide bonds. The van der Waals surface area contributed by atoms with E-state index >= 15 is 0 Å². The van der Waals surface area contributed by atoms with E-state index in [-0.39, 0.29) is 28.5 Å². The number of benzene rings is 2. The third kappa shape index (κ3) is 2.29. The van der Waals surface area contributed by atoms with Gasteiger partial charge < -0.3 is 5.32 Å². The second-order valence-electron chi connectivity index (χ2n) is 6.12. The number of anilines is 1. The Morgan fingerprint density at radius 3 is 2.71 bits per heavy atom. The molecule has 1 heterocycles. The van der Waals surface area contributed by atoms with Crippen molar-refractivity contribution in [1.29, 1.82) is 0 Å². The number of rotatable bonds is 2. The van der Waals surface area contributed by atoms with Gasteiger partial charge in [0.25, 0.3) is 5.69 Å². The van der Waals surface area contributed by atoms with Gasteiger partial charge in [-0.25, -0.2) is 0 Å². The van der Waals surface area contributed by atoms with Crippen LogP contribution in [0.2, 0.25) is 10.0 Å². The topological polar surface area (TPSA) is 55.2 Å². The van der Waals surface area contributed by atoms with Gasteiger partial charge in [0.2, 0.25) is 0 Å². The fraction of sp³-hybridized carbons (Fsp3) is 0.222. The van der Waals surface area contributed by atoms with E-state index < -0.39 is 0 Å². The van der Waals surface area contributed by atoms with Crippen LogP contribution < -0.4 is 5.32 Å². The molecule has 0 saturated carbocycles. The van der Waals surface area contributed by atoms with E-state index in [4.69, 9.17) is 23.2 Å². The summed E-state index contributed by atoms with van der Waals surface area (Å²) in [6.45, 7) is 0. The Morgan fingerprint density at radius 1 is 1.12 bits per heavy atom. The number of fused-ring (bicyclic) bond motifs is 3. The highest BCUT2D eigenvalue weighted by Crippen LogP contribution is 2.53. The maximum absolute atomic E-state index is 11.4. The van der Waals surface area contributed by atoms with Crippen molar-refractivity contribution in [3.8, 4) is 0 Å². The van der Waals surface area contributed by atoms with Crippen molar-refractivity contribution < 1.29 is 4.92 Å². The number of nitrogens with one attached hydrogen (secondary N) is 1. The zero-order valence-corrected chi connectivity index (χ0v) is 14.1. The van der Waals surface area contributed by atoms with Crippen LogP contribution in [0.5, 0.6) is 0 Å². The van der Waals surface area contributed by atoms with Crippen molar-refractivity contribution in [2.24, 2.45) is 5.92 Å². The van der Waals surface area contributed by atoms with Gasteiger partial charge in [-0.05, 0) is 24.0 Å². The molecule has 4 nitrogen and oxygen atoms in total. The first-order valence-electron chi connectivity index (χ1n) is 7.72. The number of halogens is 2. The number of nitro benzene ring substituents is 1. The minimum absolute atomic E-state index is 0.127. The van der Waals surface area contributed by atoms with Crippen LogP contribution in [0.3, 0.4) is 0 Å². The second-order valence-corrected chi connectivity index (χ2v) is 6.90. The molecule has 0 unspecified atom stereocenters. The van der Waals surface area contributed by atoms with Crippen LogP contribution in [0, 0.1) is 16.0 Å². The Labute approximate surface area is 149 Å². The first-order chi connectivity index (χ1) is 11.6. The van der Waals surface area contributed by atoms with Crippen molar-refractivity contribution in [3.05, 3.63) is 79.8 Å². The van der Waals surface area contributed by atoms with E-state index in [9.17, 15) is 10.1 Å². The second kappa shape index (κ2) is 5.80. The van der Waals surface area contributed by atoms with Crippen molar-refractivity contribution in [2.75, 3.05) is 5.32 Å². The lowest BCUT2D eigenvalue weighted by atomic mass is 9.76. The van der Waals surface area contributed by atoms with Crippen molar-refractivity contribution in [3.63, 3.8) is 0 Å². The lowest BCUT2D eigenvalue weighted by Gasteiger charge is -2.37. The zero-order valence-electron chi connectivity index (χ0n) is 12.6. The highest BCUT2D eigenvalue weighted by Gasteiger charge is 2.41. The molecule has 3 atom stereocenters. The maximum atomic E-state index is 11.4. The van der Waals surface area contributed by atoms with Crippen LogP contribution in [0.15, 0.2) is 48.6 Å². The van der Waals surface area contributed by atoms with Gasteiger partial charge in [0, 0.05) is 12.0 Å². The number of para-hydroxylation sites is 1. The summed E-state index contributed by atoms with van der Waals surface area (Å²) >= 11 is 12.6. The molecular weight excluding hydrogens is 347 g/mol. The third-order valence-corrected chi connectivity index (χ3v) is 5.70. The van der Waals surface area contributed by atoms with E-state index in [1.165, 1.54) is 0 Å². The largest absolute Gasteiger partial charge is 0.376 e. The predicted molar refractivity (Wildman–Crippen MR) is 95.9 cm³/mol. The predicted octanol–water partition coefficient (Wildman–Crippen LogP) is 5.73. The molecule has 6 heteroatoms. The number of nitro groups is 1. The summed E-state index contributed by atoms with van der Waals surface area (Å²) < 4.78 is 0. The Balaban J connectivity index is 1.87. The molecule has 0 aromatic heterocycles. The van der Waals surface area contributed by atoms with E-state index in [1.54, 1.807) is 18.2 Å². The Kier molecular flexibility index (Phi) is 3.74. The van der Waals surface area contributed by atoms with Gasteiger partial charge in [0.15, 0.2) is 0 Å². The molecule has 1 N–H and O–H groups in total. The number of allylic oxidation sites excluding steroid dienone is 2. The summed E-state index contributed by atoms with van der Waals surface area (Å²) in [4.78, 5) is 11.1. The molecule has 0 fully saturated rings. The van der Waals surface area contributed by atoms with Gasteiger partial charge in [-0.15, -0.1) is 0 Å². The summed E-state index contributed by atoms with van der Waals surface area (Å²) in [6.07, 6.45) is 5.17. The van der Waals surface area contributed by atoms with Crippen LogP contribution in [-0.4, -0.2) is 4.92 Å². The van der Waals surface area contributed by atoms with E-state index in [0.717, 1.165) is 17.7 Å². The molecule has 0 spiro atoms. The third-order valence-electron chi connectivity index (χ3n) is 4.90. The summed E-state index contributed by atoms with van der Waals surface area (Å²) in [5, 5.41) is 15.8. The fourth-order valence-corrected chi connectivity index (χ4v) is 4.21. The number of hydrogen-bond donors (Lipinski definition) is 1. The lowest BCUT2D eigenvalue weighted by Crippen LogP contribution is -2.29. The molecule has 2 aromatic carbocycles. The van der Waals surface area contributed by atoms with Gasteiger partial charge in [0.05, 0.1) is 32.3 Å². The van der Waals surface area contributed by atoms with E-state index in [1.807, 2.05) is 18.2 Å². The molecule has 24 heavy (non-hydrogen) atoms. The monoisotopic (exact) mass is 360 g/mol. The number of nitrogens with zero attached hydrogens (tertiary/aromatic N) is 1. The van der Waals surface area contributed by atoms with Crippen LogP contribution in [0.25, 0.3) is 0 Å². The summed E-state index contributed by atoms with van der Waals surface area (Å²) in [7, 11) is 0. The number of hydrogen-bond acceptors (Lipinski definition) is 3. The van der Waals surface area contributed by atoms with Crippen LogP contribution in [-0.2, 0) is 0 Å². The van der Waals surface area contributed by atoms with Gasteiger partial charge >= 0.3 is 0 Å². The first kappa shape index (κ1) is 15.5. The quantitative estimate of drug-likeness (QED) is 0.422. The summed E-state index contributed by atoms with van der Waals surface area (Å²) in [5.74, 6) is 0.400. The first-order valence-corrected chi connectivity index (χ1v) is 8.48. The minimum atomic E-state index is -0.330. The zero-order chi connectivity index (χ0) is 16.8. The highest BCUT2D eigenvalue weighted by atomic mass is 35.5. The van der Waals surface area contributed by atoms with Crippen LogP contribution in [0.4, 0.5) is 11.4 Å². The lowest BCUT2D eigenvalue weighted by molar-refractivity contribution is -0.385. The molecule has 1 aliphatic carbocycles. The van der Waals surface area contributed by atoms with Crippen molar-refractivity contribution >= 4 is 34.6 Å². The molecular formula is C18H14Cl2N2O2. The van der Waals surface area contributed by atoms with Gasteiger partial charge in [0.1, 0.15) is 0 Å². The highest BCUT2D eigenvalue weighted by molar-refractivity contribution is 6.43. The van der Waals surface area contributed by atoms with Crippen molar-refractivity contribution in [2.45, 2.75) is 18.4 Å². The molecule has 0 bridgehead atoms. The van der Waals surface area contributed by atoms with Crippen LogP contribution in [0.1, 0.15) is 29.5 Å². The van der Waals surface area contributed by atoms with E-state index in [0.29, 0.717) is 15.6 Å². The van der Waals surface area contributed by atoms with Gasteiger partial charge in [-0.2, -0.15) is 0 Å². The average molecular weight is 361 g/mol. The molecule has 4 rings (SSSR count). The Hall–Kier alpha value is -2.04. The Morgan fingerprint density at radius 2 is 1.92 bits per heavy atom. The molecule has 2 aromatic rings. The smallest absolute Gasteiger partial charge is 0.274 e. The molecule has 1 aliphatic heterocycles. The summed E-state index contributed by atoms with van der Waals surface area (Å²) in [6, 6.07) is 10.5. The van der Waals surface area contributed by atoms with Crippen LogP contribution >= 0.6 is 23.2 Å². The normalized spacial score (nSPS) is 24.2. The molecule has 0 saturated heterocycles. The molecule has 0 radical (unpaired) electrons.